The third kappa shape index (κ3) is 1.53. The van der Waals surface area contributed by atoms with Crippen molar-refractivity contribution in [3.05, 3.63) is 11.1 Å². The van der Waals surface area contributed by atoms with Crippen molar-refractivity contribution in [2.24, 2.45) is 5.73 Å². The molecule has 1 atom stereocenters. The van der Waals surface area contributed by atoms with Gasteiger partial charge in [-0.1, -0.05) is 11.3 Å². The largest absolute Gasteiger partial charge is 0.326 e. The number of anilines is 1. The van der Waals surface area contributed by atoms with Gasteiger partial charge in [-0.3, -0.25) is 14.5 Å². The van der Waals surface area contributed by atoms with Gasteiger partial charge in [0.05, 0.1) is 11.1 Å². The van der Waals surface area contributed by atoms with Gasteiger partial charge in [0, 0.05) is 19.0 Å². The van der Waals surface area contributed by atoms with Gasteiger partial charge in [0.15, 0.2) is 11.4 Å². The van der Waals surface area contributed by atoms with Crippen LogP contribution in [0.15, 0.2) is 6.20 Å². The summed E-state index contributed by atoms with van der Waals surface area (Å²) in [5.74, 6) is -0.0238. The topological polar surface area (TPSA) is 76.3 Å². The molecule has 0 radical (unpaired) electrons. The summed E-state index contributed by atoms with van der Waals surface area (Å²) in [7, 11) is 0. The molecule has 1 saturated heterocycles. The molecular formula is C8H9N3O2S. The van der Waals surface area contributed by atoms with Crippen molar-refractivity contribution in [1.29, 1.82) is 0 Å². The standard InChI is InChI=1S/C8H9N3O2S/c9-5-1-7(13)11(3-5)8-10-2-6(4-12)14-8/h2,4-5H,1,3,9H2. The molecule has 0 bridgehead atoms. The first-order chi connectivity index (χ1) is 6.70. The smallest absolute Gasteiger partial charge is 0.230 e. The fraction of sp³-hybridized carbons (Fsp3) is 0.375. The van der Waals surface area contributed by atoms with E-state index in [1.807, 2.05) is 0 Å². The van der Waals surface area contributed by atoms with Crippen LogP contribution in [-0.4, -0.2) is 29.8 Å². The van der Waals surface area contributed by atoms with Gasteiger partial charge in [0.1, 0.15) is 0 Å². The predicted molar refractivity (Wildman–Crippen MR) is 52.4 cm³/mol. The van der Waals surface area contributed by atoms with Crippen LogP contribution in [0.4, 0.5) is 5.13 Å². The number of carbonyl (C=O) groups excluding carboxylic acids is 2. The highest BCUT2D eigenvalue weighted by atomic mass is 32.1. The minimum atomic E-state index is -0.119. The molecule has 6 heteroatoms. The number of thiazole rings is 1. The van der Waals surface area contributed by atoms with Crippen LogP contribution < -0.4 is 10.6 Å². The fourth-order valence-corrected chi connectivity index (χ4v) is 2.13. The number of hydrogen-bond donors (Lipinski definition) is 1. The van der Waals surface area contributed by atoms with E-state index < -0.39 is 0 Å². The molecule has 0 saturated carbocycles. The highest BCUT2D eigenvalue weighted by molar-refractivity contribution is 7.17. The number of rotatable bonds is 2. The molecule has 1 fully saturated rings. The van der Waals surface area contributed by atoms with E-state index in [0.29, 0.717) is 23.0 Å². The lowest BCUT2D eigenvalue weighted by molar-refractivity contribution is -0.117. The molecule has 1 aromatic rings. The van der Waals surface area contributed by atoms with E-state index in [1.54, 1.807) is 0 Å². The summed E-state index contributed by atoms with van der Waals surface area (Å²) >= 11 is 1.21. The van der Waals surface area contributed by atoms with E-state index in [9.17, 15) is 9.59 Å². The first-order valence-corrected chi connectivity index (χ1v) is 4.99. The Labute approximate surface area is 84.5 Å². The van der Waals surface area contributed by atoms with E-state index in [1.165, 1.54) is 22.4 Å². The molecule has 0 aromatic carbocycles. The first kappa shape index (κ1) is 9.29. The molecule has 1 aromatic heterocycles. The van der Waals surface area contributed by atoms with Gasteiger partial charge in [-0.2, -0.15) is 0 Å². The molecular weight excluding hydrogens is 202 g/mol. The van der Waals surface area contributed by atoms with Gasteiger partial charge >= 0.3 is 0 Å². The summed E-state index contributed by atoms with van der Waals surface area (Å²) in [5.41, 5.74) is 5.64. The zero-order valence-corrected chi connectivity index (χ0v) is 8.16. The quantitative estimate of drug-likeness (QED) is 0.700. The average molecular weight is 211 g/mol. The minimum absolute atomic E-state index is 0.0238. The highest BCUT2D eigenvalue weighted by Crippen LogP contribution is 2.25. The predicted octanol–water partition coefficient (Wildman–Crippen LogP) is 0.0196. The van der Waals surface area contributed by atoms with Crippen molar-refractivity contribution in [1.82, 2.24) is 4.98 Å². The summed E-state index contributed by atoms with van der Waals surface area (Å²) in [6, 6.07) is -0.119. The van der Waals surface area contributed by atoms with E-state index >= 15 is 0 Å². The Morgan fingerprint density at radius 2 is 2.50 bits per heavy atom. The SMILES string of the molecule is NC1CC(=O)N(c2ncc(C=O)s2)C1. The highest BCUT2D eigenvalue weighted by Gasteiger charge is 2.29. The lowest BCUT2D eigenvalue weighted by Gasteiger charge is -2.10. The number of aldehydes is 1. The number of amides is 1. The molecule has 2 heterocycles. The molecule has 1 amide bonds. The molecule has 1 aliphatic heterocycles. The van der Waals surface area contributed by atoms with Gasteiger partial charge in [-0.15, -0.1) is 0 Å². The summed E-state index contributed by atoms with van der Waals surface area (Å²) in [6.45, 7) is 0.491. The molecule has 2 rings (SSSR count). The summed E-state index contributed by atoms with van der Waals surface area (Å²) in [5, 5.41) is 0.560. The Morgan fingerprint density at radius 3 is 3.00 bits per heavy atom. The Morgan fingerprint density at radius 1 is 1.71 bits per heavy atom. The third-order valence-corrected chi connectivity index (χ3v) is 2.96. The van der Waals surface area contributed by atoms with Crippen molar-refractivity contribution in [2.75, 3.05) is 11.4 Å². The molecule has 2 N–H and O–H groups in total. The van der Waals surface area contributed by atoms with Gasteiger partial charge < -0.3 is 5.73 Å². The number of hydrogen-bond acceptors (Lipinski definition) is 5. The van der Waals surface area contributed by atoms with Gasteiger partial charge in [0.25, 0.3) is 0 Å². The van der Waals surface area contributed by atoms with E-state index in [4.69, 9.17) is 5.73 Å². The van der Waals surface area contributed by atoms with Gasteiger partial charge in [0.2, 0.25) is 5.91 Å². The maximum absolute atomic E-state index is 11.4. The van der Waals surface area contributed by atoms with Crippen molar-refractivity contribution in [2.45, 2.75) is 12.5 Å². The third-order valence-electron chi connectivity index (χ3n) is 2.01. The summed E-state index contributed by atoms with van der Waals surface area (Å²) in [6.07, 6.45) is 2.54. The Hall–Kier alpha value is -1.27. The van der Waals surface area contributed by atoms with Crippen LogP contribution in [0.25, 0.3) is 0 Å². The van der Waals surface area contributed by atoms with Gasteiger partial charge in [-0.05, 0) is 0 Å². The van der Waals surface area contributed by atoms with Crippen LogP contribution in [0.5, 0.6) is 0 Å². The summed E-state index contributed by atoms with van der Waals surface area (Å²) in [4.78, 5) is 27.9. The molecule has 1 aliphatic rings. The van der Waals surface area contributed by atoms with E-state index in [-0.39, 0.29) is 11.9 Å². The maximum Gasteiger partial charge on any atom is 0.230 e. The molecule has 0 spiro atoms. The second kappa shape index (κ2) is 3.47. The van der Waals surface area contributed by atoms with Crippen molar-refractivity contribution in [3.63, 3.8) is 0 Å². The number of aromatic nitrogens is 1. The lowest BCUT2D eigenvalue weighted by atomic mass is 10.3. The molecule has 5 nitrogen and oxygen atoms in total. The van der Waals surface area contributed by atoms with Crippen LogP contribution in [0, 0.1) is 0 Å². The monoisotopic (exact) mass is 211 g/mol. The Balaban J connectivity index is 2.22. The molecule has 74 valence electrons. The zero-order valence-electron chi connectivity index (χ0n) is 7.34. The average Bonchev–Trinajstić information content (AvgIpc) is 2.71. The van der Waals surface area contributed by atoms with Crippen LogP contribution in [-0.2, 0) is 4.79 Å². The number of carbonyl (C=O) groups is 2. The van der Waals surface area contributed by atoms with Gasteiger partial charge in [-0.25, -0.2) is 4.98 Å². The van der Waals surface area contributed by atoms with Crippen molar-refractivity contribution >= 4 is 28.7 Å². The van der Waals surface area contributed by atoms with E-state index in [2.05, 4.69) is 4.98 Å². The van der Waals surface area contributed by atoms with Crippen LogP contribution in [0.2, 0.25) is 0 Å². The maximum atomic E-state index is 11.4. The second-order valence-corrected chi connectivity index (χ2v) is 4.17. The second-order valence-electron chi connectivity index (χ2n) is 3.13. The molecule has 14 heavy (non-hydrogen) atoms. The molecule has 0 aliphatic carbocycles. The number of nitrogens with zero attached hydrogens (tertiary/aromatic N) is 2. The fourth-order valence-electron chi connectivity index (χ4n) is 1.38. The van der Waals surface area contributed by atoms with E-state index in [0.717, 1.165) is 6.29 Å². The summed E-state index contributed by atoms with van der Waals surface area (Å²) < 4.78 is 0. The van der Waals surface area contributed by atoms with Crippen LogP contribution >= 0.6 is 11.3 Å². The van der Waals surface area contributed by atoms with Crippen LogP contribution in [0.3, 0.4) is 0 Å². The normalized spacial score (nSPS) is 21.6. The Kier molecular flexibility index (Phi) is 2.30. The minimum Gasteiger partial charge on any atom is -0.326 e. The number of nitrogens with two attached hydrogens (primary N) is 1. The molecule has 1 unspecified atom stereocenters. The Bertz CT molecular complexity index is 376. The first-order valence-electron chi connectivity index (χ1n) is 4.17. The van der Waals surface area contributed by atoms with Crippen molar-refractivity contribution < 1.29 is 9.59 Å². The van der Waals surface area contributed by atoms with Crippen LogP contribution in [0.1, 0.15) is 16.1 Å². The zero-order chi connectivity index (χ0) is 10.1. The lowest BCUT2D eigenvalue weighted by Crippen LogP contribution is -2.27. The van der Waals surface area contributed by atoms with Crippen molar-refractivity contribution in [3.8, 4) is 0 Å².